The minimum Gasteiger partial charge on any atom is -0.256 e. The Hall–Kier alpha value is -5.31. The molecule has 0 radical (unpaired) electrons. The summed E-state index contributed by atoms with van der Waals surface area (Å²) in [6.07, 6.45) is 7.88. The number of aryl methyl sites for hydroxylation is 4. The van der Waals surface area contributed by atoms with Crippen molar-refractivity contribution in [2.45, 2.75) is 25.7 Å². The zero-order valence-corrected chi connectivity index (χ0v) is 26.6. The second-order valence-corrected chi connectivity index (χ2v) is 13.0. The Morgan fingerprint density at radius 1 is 0.362 bits per heavy atom. The van der Waals surface area contributed by atoms with E-state index in [0.717, 1.165) is 53.2 Å². The molecule has 0 bridgehead atoms. The van der Waals surface area contributed by atoms with Gasteiger partial charge in [0.2, 0.25) is 0 Å². The molecule has 0 saturated heterocycles. The van der Waals surface area contributed by atoms with Gasteiger partial charge in [0, 0.05) is 28.5 Å². The molecule has 0 saturated carbocycles. The molecule has 2 aliphatic carbocycles. The van der Waals surface area contributed by atoms with Crippen LogP contribution in [-0.4, -0.2) is 9.97 Å². The number of aromatic nitrogens is 2. The van der Waals surface area contributed by atoms with Gasteiger partial charge in [0.05, 0.1) is 11.4 Å². The molecule has 0 unspecified atom stereocenters. The van der Waals surface area contributed by atoms with Gasteiger partial charge < -0.3 is 0 Å². The van der Waals surface area contributed by atoms with E-state index >= 15 is 0 Å². The summed E-state index contributed by atoms with van der Waals surface area (Å²) in [5, 5.41) is 0.725. The van der Waals surface area contributed by atoms with Crippen molar-refractivity contribution >= 4 is 11.6 Å². The molecule has 2 nitrogen and oxygen atoms in total. The third-order valence-corrected chi connectivity index (χ3v) is 10.0. The Labute approximate surface area is 280 Å². The van der Waals surface area contributed by atoms with E-state index in [1.54, 1.807) is 0 Å². The lowest BCUT2D eigenvalue weighted by atomic mass is 9.85. The average Bonchev–Trinajstić information content (AvgIpc) is 3.14. The van der Waals surface area contributed by atoms with E-state index in [9.17, 15) is 0 Å². The first-order chi connectivity index (χ1) is 23.2. The molecular weight excluding hydrogens is 592 g/mol. The van der Waals surface area contributed by atoms with Crippen molar-refractivity contribution < 1.29 is 0 Å². The van der Waals surface area contributed by atoms with Crippen LogP contribution in [0.4, 0.5) is 0 Å². The Kier molecular flexibility index (Phi) is 6.83. The summed E-state index contributed by atoms with van der Waals surface area (Å²) in [6.45, 7) is 0. The van der Waals surface area contributed by atoms with Gasteiger partial charge in [-0.25, -0.2) is 0 Å². The van der Waals surface area contributed by atoms with Crippen LogP contribution in [0, 0.1) is 0 Å². The lowest BCUT2D eigenvalue weighted by Gasteiger charge is -2.21. The van der Waals surface area contributed by atoms with E-state index in [0.29, 0.717) is 0 Å². The predicted octanol–water partition coefficient (Wildman–Crippen LogP) is 11.3. The molecule has 7 aromatic rings. The molecule has 0 fully saturated rings. The summed E-state index contributed by atoms with van der Waals surface area (Å²) in [4.78, 5) is 9.44. The van der Waals surface area contributed by atoms with Crippen molar-refractivity contribution in [3.63, 3.8) is 0 Å². The number of fused-ring (bicyclic) bond motifs is 6. The quantitative estimate of drug-likeness (QED) is 0.195. The summed E-state index contributed by atoms with van der Waals surface area (Å²) in [7, 11) is 0. The number of benzene rings is 5. The molecule has 0 amide bonds. The molecular formula is C44H31ClN2. The highest BCUT2D eigenvalue weighted by Gasteiger charge is 2.20. The molecule has 2 aliphatic rings. The van der Waals surface area contributed by atoms with Crippen LogP contribution in [0.15, 0.2) is 140 Å². The molecule has 224 valence electrons. The lowest BCUT2D eigenvalue weighted by molar-refractivity contribution is 0.928. The number of hydrogen-bond donors (Lipinski definition) is 0. The Morgan fingerprint density at radius 3 is 1.26 bits per heavy atom. The summed E-state index contributed by atoms with van der Waals surface area (Å²) in [6, 6.07) is 46.0. The van der Waals surface area contributed by atoms with Crippen molar-refractivity contribution in [3.8, 4) is 67.0 Å². The Bertz CT molecular complexity index is 2180. The number of hydrogen-bond acceptors (Lipinski definition) is 2. The molecule has 0 atom stereocenters. The average molecular weight is 623 g/mol. The summed E-state index contributed by atoms with van der Waals surface area (Å²) in [5.74, 6) is 0. The summed E-state index contributed by atoms with van der Waals surface area (Å²) >= 11 is 6.92. The van der Waals surface area contributed by atoms with Crippen molar-refractivity contribution in [1.82, 2.24) is 9.97 Å². The first-order valence-corrected chi connectivity index (χ1v) is 16.7. The first kappa shape index (κ1) is 28.0. The van der Waals surface area contributed by atoms with Crippen LogP contribution in [0.2, 0.25) is 5.02 Å². The van der Waals surface area contributed by atoms with Gasteiger partial charge in [0.25, 0.3) is 0 Å². The SMILES string of the molecule is Clc1cc(-c2ccccc2-c2ccc3c(c2)CCc2cccnc2-3)cc(-c2ccccc2-c2ccc3c(c2)CCc2cccnc2-3)c1. The molecule has 0 aliphatic heterocycles. The van der Waals surface area contributed by atoms with Gasteiger partial charge in [-0.05, 0) is 123 Å². The zero-order chi connectivity index (χ0) is 31.3. The second-order valence-electron chi connectivity index (χ2n) is 12.6. The van der Waals surface area contributed by atoms with Crippen LogP contribution >= 0.6 is 11.6 Å². The predicted molar refractivity (Wildman–Crippen MR) is 194 cm³/mol. The van der Waals surface area contributed by atoms with Gasteiger partial charge in [-0.2, -0.15) is 0 Å². The zero-order valence-electron chi connectivity index (χ0n) is 25.9. The van der Waals surface area contributed by atoms with Gasteiger partial charge in [-0.1, -0.05) is 109 Å². The molecule has 3 heteroatoms. The first-order valence-electron chi connectivity index (χ1n) is 16.3. The Morgan fingerprint density at radius 2 is 0.787 bits per heavy atom. The normalized spacial score (nSPS) is 12.9. The molecule has 47 heavy (non-hydrogen) atoms. The molecule has 0 N–H and O–H groups in total. The third-order valence-electron chi connectivity index (χ3n) is 9.83. The lowest BCUT2D eigenvalue weighted by Crippen LogP contribution is -2.05. The standard InChI is InChI=1S/C44H31ClN2/c45-36-26-34(39-11-3-1-9-37(39)30-17-19-41-32(23-30)15-13-28-7-5-21-46-43(28)41)25-35(27-36)40-12-4-2-10-38(40)31-18-20-42-33(24-31)16-14-29-8-6-22-47-44(29)42/h1-12,17-27H,13-16H2. The van der Waals surface area contributed by atoms with Crippen LogP contribution in [0.3, 0.4) is 0 Å². The number of halogens is 1. The van der Waals surface area contributed by atoms with Crippen molar-refractivity contribution in [2.75, 3.05) is 0 Å². The maximum atomic E-state index is 6.92. The largest absolute Gasteiger partial charge is 0.256 e. The van der Waals surface area contributed by atoms with Crippen molar-refractivity contribution in [3.05, 3.63) is 167 Å². The third kappa shape index (κ3) is 4.97. The summed E-state index contributed by atoms with van der Waals surface area (Å²) in [5.41, 5.74) is 19.5. The van der Waals surface area contributed by atoms with Crippen LogP contribution in [0.1, 0.15) is 22.3 Å². The molecule has 2 aromatic heterocycles. The number of rotatable bonds is 4. The fraction of sp³-hybridized carbons (Fsp3) is 0.0909. The number of pyridine rings is 2. The van der Waals surface area contributed by atoms with E-state index in [1.807, 2.05) is 24.5 Å². The van der Waals surface area contributed by atoms with Gasteiger partial charge in [-0.15, -0.1) is 0 Å². The highest BCUT2D eigenvalue weighted by Crippen LogP contribution is 2.42. The maximum absolute atomic E-state index is 6.92. The molecule has 9 rings (SSSR count). The van der Waals surface area contributed by atoms with Gasteiger partial charge in [0.1, 0.15) is 0 Å². The monoisotopic (exact) mass is 622 g/mol. The fourth-order valence-corrected chi connectivity index (χ4v) is 7.81. The van der Waals surface area contributed by atoms with E-state index in [1.165, 1.54) is 66.8 Å². The van der Waals surface area contributed by atoms with Gasteiger partial charge in [0.15, 0.2) is 0 Å². The smallest absolute Gasteiger partial charge is 0.0736 e. The topological polar surface area (TPSA) is 25.8 Å². The van der Waals surface area contributed by atoms with E-state index in [-0.39, 0.29) is 0 Å². The van der Waals surface area contributed by atoms with Crippen molar-refractivity contribution in [2.24, 2.45) is 0 Å². The molecule has 5 aromatic carbocycles. The van der Waals surface area contributed by atoms with E-state index in [4.69, 9.17) is 21.6 Å². The fourth-order valence-electron chi connectivity index (χ4n) is 7.58. The van der Waals surface area contributed by atoms with Crippen LogP contribution < -0.4 is 0 Å². The highest BCUT2D eigenvalue weighted by molar-refractivity contribution is 6.31. The second kappa shape index (κ2) is 11.5. The molecule has 2 heterocycles. The van der Waals surface area contributed by atoms with Gasteiger partial charge >= 0.3 is 0 Å². The number of nitrogens with zero attached hydrogens (tertiary/aromatic N) is 2. The maximum Gasteiger partial charge on any atom is 0.0736 e. The highest BCUT2D eigenvalue weighted by atomic mass is 35.5. The van der Waals surface area contributed by atoms with Gasteiger partial charge in [-0.3, -0.25) is 9.97 Å². The minimum atomic E-state index is 0.725. The minimum absolute atomic E-state index is 0.725. The van der Waals surface area contributed by atoms with Crippen LogP contribution in [0.5, 0.6) is 0 Å². The summed E-state index contributed by atoms with van der Waals surface area (Å²) < 4.78 is 0. The van der Waals surface area contributed by atoms with Crippen LogP contribution in [0.25, 0.3) is 67.0 Å². The van der Waals surface area contributed by atoms with E-state index < -0.39 is 0 Å². The van der Waals surface area contributed by atoms with E-state index in [2.05, 4.69) is 115 Å². The molecule has 0 spiro atoms. The Balaban J connectivity index is 1.12. The van der Waals surface area contributed by atoms with Crippen molar-refractivity contribution in [1.29, 1.82) is 0 Å². The van der Waals surface area contributed by atoms with Crippen LogP contribution in [-0.2, 0) is 25.7 Å².